The molecule has 1 heterocycles. The van der Waals surface area contributed by atoms with Crippen LogP contribution in [0.3, 0.4) is 0 Å². The molecule has 0 aliphatic carbocycles. The van der Waals surface area contributed by atoms with Gasteiger partial charge in [0.05, 0.1) is 0 Å². The number of carbonyl (C=O) groups is 1. The maximum Gasteiger partial charge on any atom is 0.303 e. The molecule has 0 saturated heterocycles. The lowest BCUT2D eigenvalue weighted by Crippen LogP contribution is -2.16. The molecule has 0 spiro atoms. The largest absolute Gasteiger partial charge is 0.481 e. The molecule has 3 atom stereocenters. The van der Waals surface area contributed by atoms with Gasteiger partial charge in [-0.3, -0.25) is 9.79 Å². The molecule has 1 N–H and O–H groups in total. The SMILES string of the molecule is Cc1cccc(C(Cc2ccc(CCC(=O)O)cc2)C2=CC(C)C(C)C=N2)c1C. The lowest BCUT2D eigenvalue weighted by Gasteiger charge is -2.26. The smallest absolute Gasteiger partial charge is 0.303 e. The van der Waals surface area contributed by atoms with Crippen molar-refractivity contribution in [2.45, 2.75) is 52.9 Å². The summed E-state index contributed by atoms with van der Waals surface area (Å²) >= 11 is 0. The van der Waals surface area contributed by atoms with Gasteiger partial charge in [-0.2, -0.15) is 0 Å². The average molecular weight is 390 g/mol. The van der Waals surface area contributed by atoms with Crippen molar-refractivity contribution in [3.63, 3.8) is 0 Å². The molecule has 0 radical (unpaired) electrons. The van der Waals surface area contributed by atoms with Crippen LogP contribution in [-0.2, 0) is 17.6 Å². The van der Waals surface area contributed by atoms with Crippen LogP contribution in [0.2, 0.25) is 0 Å². The molecule has 0 aromatic heterocycles. The summed E-state index contributed by atoms with van der Waals surface area (Å²) in [5.74, 6) is 0.403. The molecule has 2 aromatic carbocycles. The third kappa shape index (κ3) is 5.23. The second-order valence-electron chi connectivity index (χ2n) is 8.34. The lowest BCUT2D eigenvalue weighted by atomic mass is 9.82. The highest BCUT2D eigenvalue weighted by Gasteiger charge is 2.23. The first kappa shape index (κ1) is 21.0. The Hall–Kier alpha value is -2.68. The van der Waals surface area contributed by atoms with Gasteiger partial charge >= 0.3 is 5.97 Å². The summed E-state index contributed by atoms with van der Waals surface area (Å²) in [6.45, 7) is 8.83. The van der Waals surface area contributed by atoms with Gasteiger partial charge in [0.25, 0.3) is 0 Å². The minimum Gasteiger partial charge on any atom is -0.481 e. The Balaban J connectivity index is 1.90. The van der Waals surface area contributed by atoms with Crippen molar-refractivity contribution in [2.75, 3.05) is 0 Å². The molecular formula is C26H31NO2. The highest BCUT2D eigenvalue weighted by atomic mass is 16.4. The predicted octanol–water partition coefficient (Wildman–Crippen LogP) is 5.89. The minimum atomic E-state index is -0.755. The number of nitrogens with zero attached hydrogens (tertiary/aromatic N) is 1. The van der Waals surface area contributed by atoms with Gasteiger partial charge in [0.15, 0.2) is 0 Å². The Kier molecular flexibility index (Phi) is 6.68. The lowest BCUT2D eigenvalue weighted by molar-refractivity contribution is -0.136. The summed E-state index contributed by atoms with van der Waals surface area (Å²) in [6.07, 6.45) is 6.04. The number of benzene rings is 2. The fourth-order valence-electron chi connectivity index (χ4n) is 3.86. The number of carboxylic acid groups (broad SMARTS) is 1. The van der Waals surface area contributed by atoms with E-state index in [2.05, 4.69) is 82.5 Å². The molecule has 0 bridgehead atoms. The van der Waals surface area contributed by atoms with E-state index in [4.69, 9.17) is 10.1 Å². The normalized spacial score (nSPS) is 19.7. The van der Waals surface area contributed by atoms with E-state index >= 15 is 0 Å². The second kappa shape index (κ2) is 9.21. The molecule has 3 unspecified atom stereocenters. The van der Waals surface area contributed by atoms with Crippen LogP contribution in [0.15, 0.2) is 59.2 Å². The summed E-state index contributed by atoms with van der Waals surface area (Å²) in [5, 5.41) is 8.89. The van der Waals surface area contributed by atoms with Crippen molar-refractivity contribution in [3.05, 3.63) is 82.1 Å². The summed E-state index contributed by atoms with van der Waals surface area (Å²) in [5.41, 5.74) is 7.44. The highest BCUT2D eigenvalue weighted by molar-refractivity contribution is 5.67. The Morgan fingerprint density at radius 3 is 2.38 bits per heavy atom. The number of aryl methyl sites for hydroxylation is 2. The summed E-state index contributed by atoms with van der Waals surface area (Å²) in [4.78, 5) is 15.6. The van der Waals surface area contributed by atoms with E-state index in [0.717, 1.165) is 17.7 Å². The number of allylic oxidation sites excluding steroid dienone is 2. The number of carboxylic acids is 1. The molecular weight excluding hydrogens is 358 g/mol. The van der Waals surface area contributed by atoms with E-state index in [-0.39, 0.29) is 12.3 Å². The molecule has 0 fully saturated rings. The van der Waals surface area contributed by atoms with Gasteiger partial charge in [-0.15, -0.1) is 0 Å². The molecule has 2 aromatic rings. The number of hydrogen-bond acceptors (Lipinski definition) is 2. The maximum atomic E-state index is 10.8. The van der Waals surface area contributed by atoms with E-state index < -0.39 is 5.97 Å². The number of aliphatic imine (C=N–C) groups is 1. The number of aliphatic carboxylic acids is 1. The summed E-state index contributed by atoms with van der Waals surface area (Å²) < 4.78 is 0. The Morgan fingerprint density at radius 2 is 1.72 bits per heavy atom. The van der Waals surface area contributed by atoms with Crippen LogP contribution in [0.1, 0.15) is 54.0 Å². The topological polar surface area (TPSA) is 49.7 Å². The van der Waals surface area contributed by atoms with Crippen molar-refractivity contribution in [3.8, 4) is 0 Å². The first-order chi connectivity index (χ1) is 13.8. The molecule has 0 saturated carbocycles. The molecule has 3 nitrogen and oxygen atoms in total. The first-order valence-corrected chi connectivity index (χ1v) is 10.5. The highest BCUT2D eigenvalue weighted by Crippen LogP contribution is 2.35. The van der Waals surface area contributed by atoms with Gasteiger partial charge in [0, 0.05) is 24.3 Å². The van der Waals surface area contributed by atoms with Crippen molar-refractivity contribution >= 4 is 12.2 Å². The molecule has 29 heavy (non-hydrogen) atoms. The van der Waals surface area contributed by atoms with Gasteiger partial charge in [0.1, 0.15) is 0 Å². The van der Waals surface area contributed by atoms with E-state index in [9.17, 15) is 4.79 Å². The second-order valence-corrected chi connectivity index (χ2v) is 8.34. The van der Waals surface area contributed by atoms with Gasteiger partial charge < -0.3 is 5.11 Å². The van der Waals surface area contributed by atoms with Crippen LogP contribution in [0, 0.1) is 25.7 Å². The van der Waals surface area contributed by atoms with E-state index in [1.54, 1.807) is 0 Å². The fourth-order valence-corrected chi connectivity index (χ4v) is 3.86. The van der Waals surface area contributed by atoms with E-state index in [1.807, 2.05) is 0 Å². The van der Waals surface area contributed by atoms with Crippen molar-refractivity contribution in [1.82, 2.24) is 0 Å². The zero-order chi connectivity index (χ0) is 21.0. The standard InChI is InChI=1S/C26H31NO2/c1-17-6-5-7-23(20(17)4)24(25-14-18(2)19(3)16-27-25)15-22-10-8-21(9-11-22)12-13-26(28)29/h5-11,14,16,18-19,24H,12-13,15H2,1-4H3,(H,28,29). The molecule has 1 aliphatic heterocycles. The van der Waals surface area contributed by atoms with Crippen LogP contribution in [0.25, 0.3) is 0 Å². The Bertz CT molecular complexity index is 924. The summed E-state index contributed by atoms with van der Waals surface area (Å²) in [6, 6.07) is 14.9. The van der Waals surface area contributed by atoms with Crippen LogP contribution < -0.4 is 0 Å². The van der Waals surface area contributed by atoms with Gasteiger partial charge in [0.2, 0.25) is 0 Å². The average Bonchev–Trinajstić information content (AvgIpc) is 2.70. The first-order valence-electron chi connectivity index (χ1n) is 10.5. The quantitative estimate of drug-likeness (QED) is 0.642. The van der Waals surface area contributed by atoms with Gasteiger partial charge in [-0.25, -0.2) is 0 Å². The van der Waals surface area contributed by atoms with Crippen LogP contribution in [-0.4, -0.2) is 17.3 Å². The van der Waals surface area contributed by atoms with Crippen molar-refractivity contribution in [2.24, 2.45) is 16.8 Å². The molecule has 0 amide bonds. The number of rotatable bonds is 7. The third-order valence-electron chi connectivity index (χ3n) is 6.19. The molecule has 152 valence electrons. The Morgan fingerprint density at radius 1 is 1.03 bits per heavy atom. The van der Waals surface area contributed by atoms with Crippen molar-refractivity contribution in [1.29, 1.82) is 0 Å². The molecule has 3 heteroatoms. The monoisotopic (exact) mass is 389 g/mol. The minimum absolute atomic E-state index is 0.169. The molecule has 1 aliphatic rings. The maximum absolute atomic E-state index is 10.8. The van der Waals surface area contributed by atoms with Crippen molar-refractivity contribution < 1.29 is 9.90 Å². The van der Waals surface area contributed by atoms with Gasteiger partial charge in [-0.1, -0.05) is 62.4 Å². The van der Waals surface area contributed by atoms with Crippen LogP contribution in [0.5, 0.6) is 0 Å². The number of hydrogen-bond donors (Lipinski definition) is 1. The fraction of sp³-hybridized carbons (Fsp3) is 0.385. The zero-order valence-electron chi connectivity index (χ0n) is 17.9. The van der Waals surface area contributed by atoms with E-state index in [1.165, 1.54) is 22.3 Å². The predicted molar refractivity (Wildman–Crippen MR) is 120 cm³/mol. The van der Waals surface area contributed by atoms with Crippen LogP contribution in [0.4, 0.5) is 0 Å². The van der Waals surface area contributed by atoms with Crippen LogP contribution >= 0.6 is 0 Å². The Labute approximate surface area is 174 Å². The van der Waals surface area contributed by atoms with Gasteiger partial charge in [-0.05, 0) is 66.3 Å². The zero-order valence-corrected chi connectivity index (χ0v) is 17.9. The third-order valence-corrected chi connectivity index (χ3v) is 6.19. The van der Waals surface area contributed by atoms with E-state index in [0.29, 0.717) is 18.3 Å². The molecule has 3 rings (SSSR count). The summed E-state index contributed by atoms with van der Waals surface area (Å²) in [7, 11) is 0.